The molecule has 152 valence electrons. The molecule has 1 N–H and O–H groups in total. The Labute approximate surface area is 183 Å². The van der Waals surface area contributed by atoms with Crippen molar-refractivity contribution in [3.63, 3.8) is 0 Å². The molecule has 1 aromatic heterocycles. The Morgan fingerprint density at radius 2 is 1.87 bits per heavy atom. The highest BCUT2D eigenvalue weighted by Gasteiger charge is 2.35. The van der Waals surface area contributed by atoms with Gasteiger partial charge >= 0.3 is 0 Å². The summed E-state index contributed by atoms with van der Waals surface area (Å²) >= 11 is 12.4. The van der Waals surface area contributed by atoms with E-state index < -0.39 is 0 Å². The van der Waals surface area contributed by atoms with Gasteiger partial charge in [0.05, 0.1) is 0 Å². The molecule has 1 aliphatic carbocycles. The van der Waals surface area contributed by atoms with Crippen molar-refractivity contribution >= 4 is 34.9 Å². The summed E-state index contributed by atoms with van der Waals surface area (Å²) < 4.78 is 7.65. The SMILES string of the molecule is O=C1CCCC2=C1C(c1ccc(OCc3c(Cl)cccc3Cl)cc1)n1ncnc1N2. The fraction of sp³-hybridized carbons (Fsp3) is 0.227. The number of ether oxygens (including phenoxy) is 1. The number of anilines is 1. The summed E-state index contributed by atoms with van der Waals surface area (Å²) in [7, 11) is 0. The van der Waals surface area contributed by atoms with Gasteiger partial charge in [-0.05, 0) is 42.7 Å². The number of allylic oxidation sites excluding steroid dienone is 2. The fourth-order valence-corrected chi connectivity index (χ4v) is 4.48. The minimum atomic E-state index is -0.293. The van der Waals surface area contributed by atoms with Crippen LogP contribution in [-0.4, -0.2) is 20.5 Å². The lowest BCUT2D eigenvalue weighted by Gasteiger charge is -2.32. The molecule has 0 bridgehead atoms. The molecule has 1 unspecified atom stereocenters. The first-order chi connectivity index (χ1) is 14.6. The summed E-state index contributed by atoms with van der Waals surface area (Å²) in [6.45, 7) is 0.270. The lowest BCUT2D eigenvalue weighted by atomic mass is 9.85. The zero-order chi connectivity index (χ0) is 20.7. The molecule has 0 saturated carbocycles. The van der Waals surface area contributed by atoms with E-state index in [9.17, 15) is 4.79 Å². The number of carbonyl (C=O) groups excluding carboxylic acids is 1. The Hall–Kier alpha value is -2.83. The van der Waals surface area contributed by atoms with Crippen LogP contribution in [0.4, 0.5) is 5.95 Å². The molecule has 1 aliphatic heterocycles. The minimum absolute atomic E-state index is 0.156. The number of aromatic nitrogens is 3. The predicted molar refractivity (Wildman–Crippen MR) is 115 cm³/mol. The number of halogens is 2. The number of nitrogens with one attached hydrogen (secondary N) is 1. The van der Waals surface area contributed by atoms with E-state index in [0.29, 0.717) is 28.2 Å². The summed E-state index contributed by atoms with van der Waals surface area (Å²) in [6, 6.07) is 12.8. The third-order valence-corrected chi connectivity index (χ3v) is 6.16. The molecule has 3 aromatic rings. The Kier molecular flexibility index (Phi) is 4.97. The lowest BCUT2D eigenvalue weighted by molar-refractivity contribution is -0.116. The van der Waals surface area contributed by atoms with Gasteiger partial charge in [-0.15, -0.1) is 0 Å². The molecule has 6 nitrogen and oxygen atoms in total. The van der Waals surface area contributed by atoms with Crippen LogP contribution in [0.1, 0.15) is 36.4 Å². The number of hydrogen-bond donors (Lipinski definition) is 1. The van der Waals surface area contributed by atoms with E-state index in [1.807, 2.05) is 24.3 Å². The fourth-order valence-electron chi connectivity index (χ4n) is 3.98. The van der Waals surface area contributed by atoms with Crippen LogP contribution >= 0.6 is 23.2 Å². The van der Waals surface area contributed by atoms with Crippen LogP contribution < -0.4 is 10.1 Å². The summed E-state index contributed by atoms with van der Waals surface area (Å²) in [5, 5.41) is 8.77. The first-order valence-electron chi connectivity index (χ1n) is 9.70. The number of rotatable bonds is 4. The van der Waals surface area contributed by atoms with Crippen LogP contribution in [0.25, 0.3) is 0 Å². The number of carbonyl (C=O) groups is 1. The normalized spacial score (nSPS) is 17.9. The molecule has 0 amide bonds. The molecule has 2 heterocycles. The maximum absolute atomic E-state index is 12.7. The van der Waals surface area contributed by atoms with Crippen LogP contribution in [0.5, 0.6) is 5.75 Å². The molecular weight excluding hydrogens is 423 g/mol. The molecule has 5 rings (SSSR count). The van der Waals surface area contributed by atoms with Gasteiger partial charge in [-0.2, -0.15) is 10.1 Å². The van der Waals surface area contributed by atoms with E-state index in [4.69, 9.17) is 27.9 Å². The van der Waals surface area contributed by atoms with Gasteiger partial charge in [-0.25, -0.2) is 4.68 Å². The first-order valence-corrected chi connectivity index (χ1v) is 10.5. The summed E-state index contributed by atoms with van der Waals surface area (Å²) in [5.74, 6) is 1.50. The van der Waals surface area contributed by atoms with Gasteiger partial charge in [-0.1, -0.05) is 41.4 Å². The summed E-state index contributed by atoms with van der Waals surface area (Å²) in [6.07, 6.45) is 3.75. The Bertz CT molecular complexity index is 1130. The topological polar surface area (TPSA) is 69.0 Å². The molecule has 2 aromatic carbocycles. The number of fused-ring (bicyclic) bond motifs is 1. The number of ketones is 1. The molecule has 0 radical (unpaired) electrons. The largest absolute Gasteiger partial charge is 0.489 e. The number of nitrogens with zero attached hydrogens (tertiary/aromatic N) is 3. The molecule has 0 fully saturated rings. The number of hydrogen-bond acceptors (Lipinski definition) is 5. The zero-order valence-corrected chi connectivity index (χ0v) is 17.5. The molecule has 1 atom stereocenters. The minimum Gasteiger partial charge on any atom is -0.489 e. The highest BCUT2D eigenvalue weighted by atomic mass is 35.5. The smallest absolute Gasteiger partial charge is 0.226 e. The Morgan fingerprint density at radius 1 is 1.10 bits per heavy atom. The van der Waals surface area contributed by atoms with Crippen molar-refractivity contribution in [2.75, 3.05) is 5.32 Å². The third kappa shape index (κ3) is 3.36. The average molecular weight is 441 g/mol. The van der Waals surface area contributed by atoms with Gasteiger partial charge in [0, 0.05) is 33.3 Å². The zero-order valence-electron chi connectivity index (χ0n) is 15.9. The van der Waals surface area contributed by atoms with E-state index in [1.54, 1.807) is 22.9 Å². The highest BCUT2D eigenvalue weighted by molar-refractivity contribution is 6.35. The van der Waals surface area contributed by atoms with Crippen LogP contribution in [0.3, 0.4) is 0 Å². The van der Waals surface area contributed by atoms with E-state index in [0.717, 1.165) is 35.2 Å². The molecule has 0 saturated heterocycles. The molecular formula is C22H18Cl2N4O2. The van der Waals surface area contributed by atoms with Crippen LogP contribution in [0.15, 0.2) is 60.1 Å². The first kappa shape index (κ1) is 19.2. The van der Waals surface area contributed by atoms with Gasteiger partial charge in [0.2, 0.25) is 5.95 Å². The van der Waals surface area contributed by atoms with Gasteiger partial charge < -0.3 is 10.1 Å². The summed E-state index contributed by atoms with van der Waals surface area (Å²) in [4.78, 5) is 17.0. The van der Waals surface area contributed by atoms with Gasteiger partial charge in [0.25, 0.3) is 0 Å². The van der Waals surface area contributed by atoms with E-state index in [2.05, 4.69) is 15.4 Å². The number of Topliss-reactive ketones (excluding diaryl/α,β-unsaturated/α-hetero) is 1. The van der Waals surface area contributed by atoms with Crippen molar-refractivity contribution in [2.24, 2.45) is 0 Å². The maximum atomic E-state index is 12.7. The summed E-state index contributed by atoms with van der Waals surface area (Å²) in [5.41, 5.74) is 3.42. The highest BCUT2D eigenvalue weighted by Crippen LogP contribution is 2.39. The lowest BCUT2D eigenvalue weighted by Crippen LogP contribution is -2.31. The second-order valence-corrected chi connectivity index (χ2v) is 8.10. The third-order valence-electron chi connectivity index (χ3n) is 5.45. The van der Waals surface area contributed by atoms with Gasteiger partial charge in [0.15, 0.2) is 5.78 Å². The van der Waals surface area contributed by atoms with Crippen LogP contribution in [0, 0.1) is 0 Å². The Balaban J connectivity index is 1.42. The quantitative estimate of drug-likeness (QED) is 0.604. The van der Waals surface area contributed by atoms with Crippen molar-refractivity contribution in [1.82, 2.24) is 14.8 Å². The second kappa shape index (κ2) is 7.78. The monoisotopic (exact) mass is 440 g/mol. The molecule has 2 aliphatic rings. The number of benzene rings is 2. The van der Waals surface area contributed by atoms with Crippen molar-refractivity contribution in [1.29, 1.82) is 0 Å². The predicted octanol–water partition coefficient (Wildman–Crippen LogP) is 5.19. The molecule has 30 heavy (non-hydrogen) atoms. The van der Waals surface area contributed by atoms with Crippen molar-refractivity contribution in [2.45, 2.75) is 31.9 Å². The van der Waals surface area contributed by atoms with Crippen LogP contribution in [-0.2, 0) is 11.4 Å². The standard InChI is InChI=1S/C22H18Cl2N4O2/c23-16-3-1-4-17(24)15(16)11-30-14-9-7-13(8-10-14)21-20-18(5-2-6-19(20)29)27-22-25-12-26-28(21)22/h1,3-4,7-10,12,21H,2,5-6,11H2,(H,25,26,27). The van der Waals surface area contributed by atoms with E-state index in [-0.39, 0.29) is 18.4 Å². The maximum Gasteiger partial charge on any atom is 0.226 e. The average Bonchev–Trinajstić information content (AvgIpc) is 3.21. The molecule has 8 heteroatoms. The van der Waals surface area contributed by atoms with E-state index in [1.165, 1.54) is 6.33 Å². The second-order valence-electron chi connectivity index (χ2n) is 7.28. The van der Waals surface area contributed by atoms with Gasteiger partial charge in [-0.3, -0.25) is 4.79 Å². The van der Waals surface area contributed by atoms with Crippen molar-refractivity contribution < 1.29 is 9.53 Å². The van der Waals surface area contributed by atoms with E-state index >= 15 is 0 Å². The van der Waals surface area contributed by atoms with Crippen molar-refractivity contribution in [3.8, 4) is 5.75 Å². The molecule has 0 spiro atoms. The van der Waals surface area contributed by atoms with Gasteiger partial charge in [0.1, 0.15) is 24.7 Å². The van der Waals surface area contributed by atoms with Crippen LogP contribution in [0.2, 0.25) is 10.0 Å². The van der Waals surface area contributed by atoms with Crippen molar-refractivity contribution in [3.05, 3.63) is 81.2 Å². The Morgan fingerprint density at radius 3 is 2.63 bits per heavy atom.